The number of pyridine rings is 1. The van der Waals surface area contributed by atoms with Crippen molar-refractivity contribution in [1.29, 1.82) is 0 Å². The number of rotatable bonds is 2. The second kappa shape index (κ2) is 4.35. The van der Waals surface area contributed by atoms with E-state index in [0.29, 0.717) is 0 Å². The lowest BCUT2D eigenvalue weighted by Crippen LogP contribution is -2.06. The van der Waals surface area contributed by atoms with Crippen LogP contribution in [0.25, 0.3) is 0 Å². The van der Waals surface area contributed by atoms with Gasteiger partial charge in [-0.25, -0.2) is 13.8 Å². The van der Waals surface area contributed by atoms with E-state index in [1.54, 1.807) is 22.6 Å². The minimum absolute atomic E-state index is 0.127. The first-order valence-electron chi connectivity index (χ1n) is 3.37. The average Bonchev–Trinajstić information content (AvgIpc) is 2.01. The normalized spacial score (nSPS) is 10.6. The third-order valence-corrected chi connectivity index (χ3v) is 2.54. The summed E-state index contributed by atoms with van der Waals surface area (Å²) in [7, 11) is 0. The summed E-state index contributed by atoms with van der Waals surface area (Å²) >= 11 is 6.78. The van der Waals surface area contributed by atoms with E-state index >= 15 is 0 Å². The molecule has 1 rings (SSSR count). The molecule has 0 aliphatic carbocycles. The van der Waals surface area contributed by atoms with Crippen LogP contribution in [0.1, 0.15) is 22.5 Å². The molecule has 0 aliphatic rings. The second-order valence-corrected chi connectivity index (χ2v) is 3.87. The van der Waals surface area contributed by atoms with Gasteiger partial charge in [-0.3, -0.25) is 4.79 Å². The summed E-state index contributed by atoms with van der Waals surface area (Å²) in [4.78, 5) is 14.2. The summed E-state index contributed by atoms with van der Waals surface area (Å²) in [5.41, 5.74) is 4.76. The molecule has 0 saturated heterocycles. The fourth-order valence-electron chi connectivity index (χ4n) is 0.859. The molecule has 76 valence electrons. The maximum absolute atomic E-state index is 12.4. The Morgan fingerprint density at radius 2 is 2.21 bits per heavy atom. The summed E-state index contributed by atoms with van der Waals surface area (Å²) in [5, 5.41) is -0.824. The monoisotopic (exact) mass is 332 g/mol. The Balaban J connectivity index is 3.32. The van der Waals surface area contributed by atoms with Crippen molar-refractivity contribution in [3.63, 3.8) is 0 Å². The first-order chi connectivity index (χ1) is 6.43. The van der Waals surface area contributed by atoms with E-state index in [2.05, 4.69) is 4.98 Å². The standard InChI is InChI=1S/C7H4ClF2IN2O/c8-5(14)3-1-2(11)4(6(9)10)7(12)13-3/h1,6H,(H2,12,13). The van der Waals surface area contributed by atoms with Gasteiger partial charge in [0, 0.05) is 3.57 Å². The molecule has 3 nitrogen and oxygen atoms in total. The van der Waals surface area contributed by atoms with Gasteiger partial charge in [-0.2, -0.15) is 0 Å². The number of halogens is 4. The third kappa shape index (κ3) is 2.30. The number of carbonyl (C=O) groups is 1. The molecule has 0 atom stereocenters. The number of nitrogens with zero attached hydrogens (tertiary/aromatic N) is 1. The number of nitrogen functional groups attached to an aromatic ring is 1. The highest BCUT2D eigenvalue weighted by Gasteiger charge is 2.19. The summed E-state index contributed by atoms with van der Waals surface area (Å²) in [5.74, 6) is -0.365. The zero-order valence-electron chi connectivity index (χ0n) is 6.60. The average molecular weight is 332 g/mol. The van der Waals surface area contributed by atoms with E-state index in [1.807, 2.05) is 0 Å². The lowest BCUT2D eigenvalue weighted by molar-refractivity contribution is 0.107. The molecule has 1 heterocycles. The van der Waals surface area contributed by atoms with Gasteiger partial charge in [0.25, 0.3) is 11.7 Å². The van der Waals surface area contributed by atoms with Gasteiger partial charge in [-0.15, -0.1) is 0 Å². The van der Waals surface area contributed by atoms with Crippen molar-refractivity contribution in [3.8, 4) is 0 Å². The highest BCUT2D eigenvalue weighted by Crippen LogP contribution is 2.29. The number of anilines is 1. The fourth-order valence-corrected chi connectivity index (χ4v) is 1.76. The molecular formula is C7H4ClF2IN2O. The Hall–Kier alpha value is -0.500. The minimum Gasteiger partial charge on any atom is -0.383 e. The number of aromatic nitrogens is 1. The Kier molecular flexibility index (Phi) is 3.59. The van der Waals surface area contributed by atoms with E-state index in [0.717, 1.165) is 0 Å². The van der Waals surface area contributed by atoms with Gasteiger partial charge < -0.3 is 5.73 Å². The predicted octanol–water partition coefficient (Wildman–Crippen LogP) is 2.58. The molecule has 0 spiro atoms. The van der Waals surface area contributed by atoms with Crippen LogP contribution in [-0.2, 0) is 0 Å². The first-order valence-corrected chi connectivity index (χ1v) is 4.83. The van der Waals surface area contributed by atoms with Crippen LogP contribution in [0.2, 0.25) is 0 Å². The highest BCUT2D eigenvalue weighted by molar-refractivity contribution is 14.1. The van der Waals surface area contributed by atoms with Gasteiger partial charge >= 0.3 is 0 Å². The molecule has 0 bridgehead atoms. The number of hydrogen-bond donors (Lipinski definition) is 1. The molecule has 0 radical (unpaired) electrons. The number of carbonyl (C=O) groups excluding carboxylic acids is 1. The van der Waals surface area contributed by atoms with E-state index in [4.69, 9.17) is 17.3 Å². The number of alkyl halides is 2. The molecule has 0 fully saturated rings. The largest absolute Gasteiger partial charge is 0.383 e. The van der Waals surface area contributed by atoms with E-state index in [1.165, 1.54) is 6.07 Å². The molecule has 0 aliphatic heterocycles. The fraction of sp³-hybridized carbons (Fsp3) is 0.143. The lowest BCUT2D eigenvalue weighted by Gasteiger charge is -2.07. The molecule has 0 aromatic carbocycles. The van der Waals surface area contributed by atoms with Crippen LogP contribution in [0.4, 0.5) is 14.6 Å². The number of hydrogen-bond acceptors (Lipinski definition) is 3. The Labute approximate surface area is 96.8 Å². The molecular weight excluding hydrogens is 328 g/mol. The molecule has 0 saturated carbocycles. The number of nitrogens with two attached hydrogens (primary N) is 1. The van der Waals surface area contributed by atoms with Crippen LogP contribution in [0, 0.1) is 3.57 Å². The van der Waals surface area contributed by atoms with Crippen LogP contribution in [0.5, 0.6) is 0 Å². The van der Waals surface area contributed by atoms with Crippen molar-refractivity contribution in [2.45, 2.75) is 6.43 Å². The van der Waals surface area contributed by atoms with Crippen molar-refractivity contribution in [3.05, 3.63) is 20.9 Å². The molecule has 2 N–H and O–H groups in total. The van der Waals surface area contributed by atoms with Crippen LogP contribution < -0.4 is 5.73 Å². The molecule has 0 amide bonds. The zero-order chi connectivity index (χ0) is 10.9. The second-order valence-electron chi connectivity index (χ2n) is 2.36. The molecule has 1 aromatic heterocycles. The molecule has 1 aromatic rings. The van der Waals surface area contributed by atoms with Gasteiger partial charge in [0.05, 0.1) is 5.56 Å². The van der Waals surface area contributed by atoms with Crippen molar-refractivity contribution < 1.29 is 13.6 Å². The Bertz CT molecular complexity index is 363. The van der Waals surface area contributed by atoms with Crippen LogP contribution in [-0.4, -0.2) is 10.2 Å². The van der Waals surface area contributed by atoms with Crippen molar-refractivity contribution in [2.24, 2.45) is 0 Å². The zero-order valence-corrected chi connectivity index (χ0v) is 9.51. The summed E-state index contributed by atoms with van der Waals surface area (Å²) in [6.45, 7) is 0. The highest BCUT2D eigenvalue weighted by atomic mass is 127. The predicted molar refractivity (Wildman–Crippen MR) is 56.5 cm³/mol. The van der Waals surface area contributed by atoms with Gasteiger partial charge in [-0.05, 0) is 40.3 Å². The van der Waals surface area contributed by atoms with Crippen LogP contribution >= 0.6 is 34.2 Å². The quantitative estimate of drug-likeness (QED) is 0.669. The summed E-state index contributed by atoms with van der Waals surface area (Å²) < 4.78 is 24.9. The SMILES string of the molecule is Nc1nc(C(=O)Cl)cc(I)c1C(F)F. The van der Waals surface area contributed by atoms with E-state index in [-0.39, 0.29) is 20.6 Å². The van der Waals surface area contributed by atoms with Crippen LogP contribution in [0.15, 0.2) is 6.07 Å². The van der Waals surface area contributed by atoms with Crippen molar-refractivity contribution in [1.82, 2.24) is 4.98 Å². The Morgan fingerprint density at radius 1 is 1.64 bits per heavy atom. The van der Waals surface area contributed by atoms with Gasteiger partial charge in [0.1, 0.15) is 11.5 Å². The smallest absolute Gasteiger partial charge is 0.270 e. The Morgan fingerprint density at radius 3 is 2.57 bits per heavy atom. The lowest BCUT2D eigenvalue weighted by atomic mass is 10.2. The minimum atomic E-state index is -2.71. The van der Waals surface area contributed by atoms with Gasteiger partial charge in [0.2, 0.25) is 0 Å². The maximum atomic E-state index is 12.4. The van der Waals surface area contributed by atoms with Crippen molar-refractivity contribution in [2.75, 3.05) is 5.73 Å². The molecule has 7 heteroatoms. The maximum Gasteiger partial charge on any atom is 0.270 e. The van der Waals surface area contributed by atoms with Gasteiger partial charge in [0.15, 0.2) is 0 Å². The molecule has 14 heavy (non-hydrogen) atoms. The third-order valence-electron chi connectivity index (χ3n) is 1.46. The summed E-state index contributed by atoms with van der Waals surface area (Å²) in [6.07, 6.45) is -2.71. The van der Waals surface area contributed by atoms with E-state index < -0.39 is 11.7 Å². The topological polar surface area (TPSA) is 56.0 Å². The van der Waals surface area contributed by atoms with Crippen LogP contribution in [0.3, 0.4) is 0 Å². The summed E-state index contributed by atoms with van der Waals surface area (Å²) in [6, 6.07) is 1.17. The van der Waals surface area contributed by atoms with Gasteiger partial charge in [-0.1, -0.05) is 0 Å². The molecule has 0 unspecified atom stereocenters. The van der Waals surface area contributed by atoms with Crippen molar-refractivity contribution >= 4 is 45.3 Å². The van der Waals surface area contributed by atoms with E-state index in [9.17, 15) is 13.6 Å². The first kappa shape index (κ1) is 11.6.